The van der Waals surface area contributed by atoms with Gasteiger partial charge < -0.3 is 10.6 Å². The van der Waals surface area contributed by atoms with Gasteiger partial charge in [0.05, 0.1) is 0 Å². The number of hydrogen-bond donors (Lipinski definition) is 2. The van der Waals surface area contributed by atoms with Gasteiger partial charge in [0.1, 0.15) is 5.69 Å². The molecular weight excluding hydrogens is 240 g/mol. The lowest BCUT2D eigenvalue weighted by Gasteiger charge is -2.35. The monoisotopic (exact) mass is 264 g/mol. The Hall–Kier alpha value is -1.36. The summed E-state index contributed by atoms with van der Waals surface area (Å²) in [6, 6.07) is 2.45. The maximum Gasteiger partial charge on any atom is 0.274 e. The lowest BCUT2D eigenvalue weighted by molar-refractivity contribution is 0.0620. The number of rotatable bonds is 4. The van der Waals surface area contributed by atoms with Gasteiger partial charge >= 0.3 is 0 Å². The zero-order valence-electron chi connectivity index (χ0n) is 11.9. The second-order valence-electron chi connectivity index (χ2n) is 5.50. The van der Waals surface area contributed by atoms with Crippen molar-refractivity contribution in [2.45, 2.75) is 58.0 Å². The molecule has 0 spiro atoms. The van der Waals surface area contributed by atoms with Crippen LogP contribution in [-0.2, 0) is 0 Å². The zero-order valence-corrected chi connectivity index (χ0v) is 11.9. The summed E-state index contributed by atoms with van der Waals surface area (Å²) in [5.74, 6) is 0.0478. The molecule has 0 atom stereocenters. The number of hydrogen-bond acceptors (Lipinski definition) is 3. The minimum Gasteiger partial charge on any atom is -0.334 e. The third-order valence-electron chi connectivity index (χ3n) is 3.83. The van der Waals surface area contributed by atoms with E-state index < -0.39 is 0 Å². The van der Waals surface area contributed by atoms with Gasteiger partial charge in [-0.1, -0.05) is 6.92 Å². The highest BCUT2D eigenvalue weighted by molar-refractivity contribution is 5.92. The van der Waals surface area contributed by atoms with E-state index in [2.05, 4.69) is 17.1 Å². The van der Waals surface area contributed by atoms with E-state index in [1.165, 1.54) is 0 Å². The number of aryl methyl sites for hydroxylation is 1. The first-order valence-corrected chi connectivity index (χ1v) is 7.20. The molecule has 5 nitrogen and oxygen atoms in total. The molecule has 0 aliphatic heterocycles. The van der Waals surface area contributed by atoms with Crippen molar-refractivity contribution < 1.29 is 4.79 Å². The summed E-state index contributed by atoms with van der Waals surface area (Å²) in [5.41, 5.74) is 7.39. The molecule has 0 saturated heterocycles. The molecule has 0 bridgehead atoms. The number of amides is 1. The Morgan fingerprint density at radius 2 is 2.16 bits per heavy atom. The van der Waals surface area contributed by atoms with Gasteiger partial charge in [-0.3, -0.25) is 9.89 Å². The molecule has 1 heterocycles. The summed E-state index contributed by atoms with van der Waals surface area (Å²) in [7, 11) is 0. The summed E-state index contributed by atoms with van der Waals surface area (Å²) < 4.78 is 0. The normalized spacial score (nSPS) is 23.3. The quantitative estimate of drug-likeness (QED) is 0.871. The Morgan fingerprint density at radius 1 is 1.47 bits per heavy atom. The molecule has 106 valence electrons. The minimum atomic E-state index is 0.0478. The van der Waals surface area contributed by atoms with Gasteiger partial charge in [-0.25, -0.2) is 0 Å². The van der Waals surface area contributed by atoms with Crippen molar-refractivity contribution in [3.63, 3.8) is 0 Å². The van der Waals surface area contributed by atoms with Gasteiger partial charge in [0.2, 0.25) is 0 Å². The highest BCUT2D eigenvalue weighted by atomic mass is 16.2. The lowest BCUT2D eigenvalue weighted by Crippen LogP contribution is -2.44. The Labute approximate surface area is 114 Å². The number of aromatic nitrogens is 2. The number of carbonyl (C=O) groups is 1. The van der Waals surface area contributed by atoms with Crippen molar-refractivity contribution in [3.8, 4) is 0 Å². The van der Waals surface area contributed by atoms with E-state index in [1.54, 1.807) is 0 Å². The van der Waals surface area contributed by atoms with E-state index in [9.17, 15) is 4.79 Å². The molecule has 1 aliphatic rings. The van der Waals surface area contributed by atoms with Crippen LogP contribution < -0.4 is 5.73 Å². The topological polar surface area (TPSA) is 75.0 Å². The van der Waals surface area contributed by atoms with Gasteiger partial charge in [-0.15, -0.1) is 0 Å². The fraction of sp³-hybridized carbons (Fsp3) is 0.714. The fourth-order valence-corrected chi connectivity index (χ4v) is 2.78. The van der Waals surface area contributed by atoms with E-state index in [1.807, 2.05) is 17.9 Å². The Morgan fingerprint density at radius 3 is 2.68 bits per heavy atom. The van der Waals surface area contributed by atoms with Crippen LogP contribution in [0.15, 0.2) is 6.07 Å². The average molecular weight is 264 g/mol. The predicted molar refractivity (Wildman–Crippen MR) is 74.9 cm³/mol. The molecule has 5 heteroatoms. The zero-order chi connectivity index (χ0) is 13.8. The van der Waals surface area contributed by atoms with E-state index in [0.717, 1.165) is 44.3 Å². The highest BCUT2D eigenvalue weighted by Crippen LogP contribution is 2.23. The highest BCUT2D eigenvalue weighted by Gasteiger charge is 2.28. The average Bonchev–Trinajstić information content (AvgIpc) is 2.83. The van der Waals surface area contributed by atoms with Gasteiger partial charge in [0, 0.05) is 24.3 Å². The molecular formula is C14H24N4O. The van der Waals surface area contributed by atoms with Gasteiger partial charge in [-0.2, -0.15) is 5.10 Å². The fourth-order valence-electron chi connectivity index (χ4n) is 2.78. The SMILES string of the molecule is CCCN(C(=O)c1cc(C)[nH]n1)C1CCC(N)CC1. The van der Waals surface area contributed by atoms with Crippen LogP contribution >= 0.6 is 0 Å². The standard InChI is InChI=1S/C14H24N4O/c1-3-8-18(12-6-4-11(15)5-7-12)14(19)13-9-10(2)16-17-13/h9,11-12H,3-8,15H2,1-2H3,(H,16,17). The number of nitrogens with one attached hydrogen (secondary N) is 1. The molecule has 19 heavy (non-hydrogen) atoms. The molecule has 3 N–H and O–H groups in total. The molecule has 1 amide bonds. The minimum absolute atomic E-state index is 0.0478. The third kappa shape index (κ3) is 3.35. The first kappa shape index (κ1) is 14.1. The van der Waals surface area contributed by atoms with Crippen molar-refractivity contribution in [1.82, 2.24) is 15.1 Å². The van der Waals surface area contributed by atoms with Crippen LogP contribution in [0.3, 0.4) is 0 Å². The second kappa shape index (κ2) is 6.19. The van der Waals surface area contributed by atoms with Crippen molar-refractivity contribution in [2.75, 3.05) is 6.54 Å². The van der Waals surface area contributed by atoms with E-state index in [0.29, 0.717) is 17.8 Å². The number of H-pyrrole nitrogens is 1. The van der Waals surface area contributed by atoms with Gasteiger partial charge in [0.25, 0.3) is 5.91 Å². The van der Waals surface area contributed by atoms with Crippen molar-refractivity contribution in [2.24, 2.45) is 5.73 Å². The largest absolute Gasteiger partial charge is 0.334 e. The number of carbonyl (C=O) groups excluding carboxylic acids is 1. The van der Waals surface area contributed by atoms with Crippen LogP contribution in [-0.4, -0.2) is 39.6 Å². The molecule has 2 rings (SSSR count). The smallest absolute Gasteiger partial charge is 0.274 e. The Kier molecular flexibility index (Phi) is 4.58. The molecule has 1 aliphatic carbocycles. The second-order valence-corrected chi connectivity index (χ2v) is 5.50. The first-order chi connectivity index (χ1) is 9.11. The predicted octanol–water partition coefficient (Wildman–Crippen LogP) is 1.84. The summed E-state index contributed by atoms with van der Waals surface area (Å²) >= 11 is 0. The lowest BCUT2D eigenvalue weighted by atomic mass is 9.90. The maximum absolute atomic E-state index is 12.5. The molecule has 1 aromatic heterocycles. The molecule has 1 saturated carbocycles. The summed E-state index contributed by atoms with van der Waals surface area (Å²) in [6.45, 7) is 4.81. The molecule has 0 radical (unpaired) electrons. The van der Waals surface area contributed by atoms with E-state index in [-0.39, 0.29) is 5.91 Å². The van der Waals surface area contributed by atoms with Crippen molar-refractivity contribution >= 4 is 5.91 Å². The van der Waals surface area contributed by atoms with Crippen LogP contribution in [0.5, 0.6) is 0 Å². The molecule has 1 aromatic rings. The van der Waals surface area contributed by atoms with Crippen molar-refractivity contribution in [1.29, 1.82) is 0 Å². The van der Waals surface area contributed by atoms with Crippen LogP contribution in [0, 0.1) is 6.92 Å². The molecule has 0 aromatic carbocycles. The summed E-state index contributed by atoms with van der Waals surface area (Å²) in [6.07, 6.45) is 5.01. The molecule has 0 unspecified atom stereocenters. The first-order valence-electron chi connectivity index (χ1n) is 7.20. The number of aromatic amines is 1. The van der Waals surface area contributed by atoms with Crippen LogP contribution in [0.2, 0.25) is 0 Å². The third-order valence-corrected chi connectivity index (χ3v) is 3.83. The molecule has 1 fully saturated rings. The van der Waals surface area contributed by atoms with Crippen LogP contribution in [0.1, 0.15) is 55.2 Å². The van der Waals surface area contributed by atoms with E-state index >= 15 is 0 Å². The summed E-state index contributed by atoms with van der Waals surface area (Å²) in [4.78, 5) is 14.5. The van der Waals surface area contributed by atoms with Gasteiger partial charge in [0.15, 0.2) is 0 Å². The number of nitrogens with zero attached hydrogens (tertiary/aromatic N) is 2. The summed E-state index contributed by atoms with van der Waals surface area (Å²) in [5, 5.41) is 6.93. The Balaban J connectivity index is 2.08. The van der Waals surface area contributed by atoms with E-state index in [4.69, 9.17) is 5.73 Å². The maximum atomic E-state index is 12.5. The van der Waals surface area contributed by atoms with Gasteiger partial charge in [-0.05, 0) is 45.1 Å². The van der Waals surface area contributed by atoms with Crippen molar-refractivity contribution in [3.05, 3.63) is 17.5 Å². The van der Waals surface area contributed by atoms with Crippen LogP contribution in [0.4, 0.5) is 0 Å². The number of nitrogens with two attached hydrogens (primary N) is 1. The Bertz CT molecular complexity index is 421. The van der Waals surface area contributed by atoms with Crippen LogP contribution in [0.25, 0.3) is 0 Å².